The van der Waals surface area contributed by atoms with Gasteiger partial charge >= 0.3 is 0 Å². The van der Waals surface area contributed by atoms with Gasteiger partial charge < -0.3 is 14.0 Å². The Morgan fingerprint density at radius 1 is 1.28 bits per heavy atom. The largest absolute Gasteiger partial charge is 0.496 e. The Kier molecular flexibility index (Phi) is 5.89. The molecule has 5 nitrogen and oxygen atoms in total. The SMILES string of the molecule is COc1ccccc1/C=C/CN1C[C@@H](Cc2cc(C)no2)[C@@H](OC)C1. The lowest BCUT2D eigenvalue weighted by Gasteiger charge is -2.14. The van der Waals surface area contributed by atoms with Crippen LogP contribution in [0.5, 0.6) is 5.75 Å². The first-order valence-electron chi connectivity index (χ1n) is 8.66. The monoisotopic (exact) mass is 342 g/mol. The van der Waals surface area contributed by atoms with Crippen molar-refractivity contribution >= 4 is 6.08 Å². The van der Waals surface area contributed by atoms with Gasteiger partial charge in [-0.25, -0.2) is 0 Å². The van der Waals surface area contributed by atoms with Gasteiger partial charge in [-0.05, 0) is 13.0 Å². The Morgan fingerprint density at radius 2 is 2.12 bits per heavy atom. The second-order valence-electron chi connectivity index (χ2n) is 6.54. The smallest absolute Gasteiger partial charge is 0.137 e. The van der Waals surface area contributed by atoms with E-state index >= 15 is 0 Å². The van der Waals surface area contributed by atoms with Crippen molar-refractivity contribution in [3.63, 3.8) is 0 Å². The summed E-state index contributed by atoms with van der Waals surface area (Å²) in [5.41, 5.74) is 2.03. The van der Waals surface area contributed by atoms with Crippen LogP contribution in [0.4, 0.5) is 0 Å². The molecule has 0 aliphatic carbocycles. The summed E-state index contributed by atoms with van der Waals surface area (Å²) in [5, 5.41) is 3.98. The number of likely N-dealkylation sites (tertiary alicyclic amines) is 1. The zero-order valence-electron chi connectivity index (χ0n) is 15.1. The quantitative estimate of drug-likeness (QED) is 0.773. The third-order valence-electron chi connectivity index (χ3n) is 4.70. The highest BCUT2D eigenvalue weighted by Gasteiger charge is 2.33. The molecule has 1 fully saturated rings. The minimum atomic E-state index is 0.227. The molecule has 2 heterocycles. The van der Waals surface area contributed by atoms with E-state index in [0.29, 0.717) is 5.92 Å². The van der Waals surface area contributed by atoms with Crippen LogP contribution in [-0.4, -0.2) is 50.0 Å². The van der Waals surface area contributed by atoms with E-state index in [1.54, 1.807) is 14.2 Å². The van der Waals surface area contributed by atoms with Crippen molar-refractivity contribution in [1.29, 1.82) is 0 Å². The summed E-state index contributed by atoms with van der Waals surface area (Å²) in [6, 6.07) is 10.1. The van der Waals surface area contributed by atoms with Gasteiger partial charge in [0.05, 0.1) is 18.9 Å². The van der Waals surface area contributed by atoms with Crippen LogP contribution in [0.25, 0.3) is 6.08 Å². The van der Waals surface area contributed by atoms with E-state index in [9.17, 15) is 0 Å². The molecular weight excluding hydrogens is 316 g/mol. The van der Waals surface area contributed by atoms with Gasteiger partial charge in [0, 0.05) is 50.7 Å². The molecule has 0 spiro atoms. The van der Waals surface area contributed by atoms with Gasteiger partial charge in [0.15, 0.2) is 0 Å². The number of benzene rings is 1. The molecule has 0 unspecified atom stereocenters. The number of hydrogen-bond donors (Lipinski definition) is 0. The molecule has 0 saturated carbocycles. The molecule has 0 amide bonds. The molecule has 5 heteroatoms. The van der Waals surface area contributed by atoms with Crippen LogP contribution in [0.2, 0.25) is 0 Å². The maximum atomic E-state index is 5.69. The maximum Gasteiger partial charge on any atom is 0.137 e. The van der Waals surface area contributed by atoms with E-state index in [2.05, 4.69) is 28.3 Å². The predicted octanol–water partition coefficient (Wildman–Crippen LogP) is 3.19. The lowest BCUT2D eigenvalue weighted by molar-refractivity contribution is 0.0770. The molecule has 134 valence electrons. The first-order chi connectivity index (χ1) is 12.2. The Hall–Kier alpha value is -2.11. The molecule has 1 aliphatic rings. The Bertz CT molecular complexity index is 710. The number of nitrogens with zero attached hydrogens (tertiary/aromatic N) is 2. The van der Waals surface area contributed by atoms with Crippen LogP contribution in [0, 0.1) is 12.8 Å². The summed E-state index contributed by atoms with van der Waals surface area (Å²) in [5.74, 6) is 2.27. The summed E-state index contributed by atoms with van der Waals surface area (Å²) < 4.78 is 16.4. The number of para-hydroxylation sites is 1. The molecule has 1 aromatic carbocycles. The van der Waals surface area contributed by atoms with Crippen molar-refractivity contribution < 1.29 is 14.0 Å². The summed E-state index contributed by atoms with van der Waals surface area (Å²) in [7, 11) is 3.49. The number of ether oxygens (including phenoxy) is 2. The fraction of sp³-hybridized carbons (Fsp3) is 0.450. The molecule has 2 atom stereocenters. The van der Waals surface area contributed by atoms with Gasteiger partial charge in [-0.1, -0.05) is 35.5 Å². The summed E-state index contributed by atoms with van der Waals surface area (Å²) >= 11 is 0. The molecule has 1 aliphatic heterocycles. The van der Waals surface area contributed by atoms with Crippen molar-refractivity contribution in [2.45, 2.75) is 19.4 Å². The highest BCUT2D eigenvalue weighted by molar-refractivity contribution is 5.57. The predicted molar refractivity (Wildman–Crippen MR) is 97.7 cm³/mol. The van der Waals surface area contributed by atoms with Crippen LogP contribution < -0.4 is 4.74 Å². The average Bonchev–Trinajstić information content (AvgIpc) is 3.21. The van der Waals surface area contributed by atoms with Crippen molar-refractivity contribution in [3.05, 3.63) is 53.4 Å². The molecule has 1 aromatic heterocycles. The van der Waals surface area contributed by atoms with Crippen molar-refractivity contribution in [2.24, 2.45) is 5.92 Å². The lowest BCUT2D eigenvalue weighted by Crippen LogP contribution is -2.23. The van der Waals surface area contributed by atoms with E-state index in [0.717, 1.165) is 48.8 Å². The van der Waals surface area contributed by atoms with Crippen LogP contribution >= 0.6 is 0 Å². The van der Waals surface area contributed by atoms with Gasteiger partial charge in [-0.15, -0.1) is 0 Å². The van der Waals surface area contributed by atoms with Crippen LogP contribution in [0.15, 0.2) is 40.9 Å². The van der Waals surface area contributed by atoms with Gasteiger partial charge in [0.1, 0.15) is 11.5 Å². The fourth-order valence-electron chi connectivity index (χ4n) is 3.44. The second kappa shape index (κ2) is 8.32. The first-order valence-corrected chi connectivity index (χ1v) is 8.66. The molecule has 0 radical (unpaired) electrons. The van der Waals surface area contributed by atoms with Crippen LogP contribution in [0.1, 0.15) is 17.0 Å². The molecular formula is C20H26N2O3. The van der Waals surface area contributed by atoms with Crippen LogP contribution in [-0.2, 0) is 11.2 Å². The molecule has 0 bridgehead atoms. The topological polar surface area (TPSA) is 47.7 Å². The third kappa shape index (κ3) is 4.50. The molecule has 0 N–H and O–H groups in total. The standard InChI is InChI=1S/C20H26N2O3/c1-15-11-18(25-21-15)12-17-13-22(14-20(17)24-3)10-6-8-16-7-4-5-9-19(16)23-2/h4-9,11,17,20H,10,12-14H2,1-3H3/b8-6+/t17-,20+/m1/s1. The van der Waals surface area contributed by atoms with E-state index in [1.165, 1.54) is 0 Å². The lowest BCUT2D eigenvalue weighted by atomic mass is 10.0. The number of methoxy groups -OCH3 is 2. The number of aromatic nitrogens is 1. The molecule has 25 heavy (non-hydrogen) atoms. The van der Waals surface area contributed by atoms with Crippen LogP contribution in [0.3, 0.4) is 0 Å². The highest BCUT2D eigenvalue weighted by Crippen LogP contribution is 2.24. The highest BCUT2D eigenvalue weighted by atomic mass is 16.5. The summed E-state index contributed by atoms with van der Waals surface area (Å²) in [6.45, 7) is 4.77. The minimum Gasteiger partial charge on any atom is -0.496 e. The normalized spacial score (nSPS) is 21.2. The second-order valence-corrected chi connectivity index (χ2v) is 6.54. The number of aryl methyl sites for hydroxylation is 1. The zero-order valence-corrected chi connectivity index (χ0v) is 15.1. The first kappa shape index (κ1) is 17.7. The van der Waals surface area contributed by atoms with Gasteiger partial charge in [-0.2, -0.15) is 0 Å². The molecule has 3 rings (SSSR count). The maximum absolute atomic E-state index is 5.69. The van der Waals surface area contributed by atoms with E-state index in [4.69, 9.17) is 14.0 Å². The van der Waals surface area contributed by atoms with Crippen molar-refractivity contribution in [2.75, 3.05) is 33.9 Å². The van der Waals surface area contributed by atoms with Crippen molar-refractivity contribution in [3.8, 4) is 5.75 Å². The zero-order chi connectivity index (χ0) is 17.6. The van der Waals surface area contributed by atoms with E-state index in [-0.39, 0.29) is 6.10 Å². The van der Waals surface area contributed by atoms with Gasteiger partial charge in [0.25, 0.3) is 0 Å². The number of hydrogen-bond acceptors (Lipinski definition) is 5. The minimum absolute atomic E-state index is 0.227. The molecule has 2 aromatic rings. The Labute approximate surface area is 149 Å². The van der Waals surface area contributed by atoms with Gasteiger partial charge in [-0.3, -0.25) is 4.90 Å². The van der Waals surface area contributed by atoms with Crippen molar-refractivity contribution in [1.82, 2.24) is 10.1 Å². The Balaban J connectivity index is 1.57. The average molecular weight is 342 g/mol. The van der Waals surface area contributed by atoms with Gasteiger partial charge in [0.2, 0.25) is 0 Å². The number of rotatable bonds is 7. The fourth-order valence-corrected chi connectivity index (χ4v) is 3.44. The van der Waals surface area contributed by atoms with E-state index in [1.807, 2.05) is 31.2 Å². The third-order valence-corrected chi connectivity index (χ3v) is 4.70. The Morgan fingerprint density at radius 3 is 2.84 bits per heavy atom. The summed E-state index contributed by atoms with van der Waals surface area (Å²) in [6.07, 6.45) is 5.40. The van der Waals surface area contributed by atoms with E-state index < -0.39 is 0 Å². The molecule has 1 saturated heterocycles. The summed E-state index contributed by atoms with van der Waals surface area (Å²) in [4.78, 5) is 2.41.